The van der Waals surface area contributed by atoms with Crippen LogP contribution in [0.15, 0.2) is 30.3 Å². The maximum atomic E-state index is 12.1. The molecule has 102 valence electrons. The highest BCUT2D eigenvalue weighted by Crippen LogP contribution is 2.11. The normalized spacial score (nSPS) is 18.8. The first-order valence-electron chi connectivity index (χ1n) is 6.46. The molecule has 1 aromatic rings. The van der Waals surface area contributed by atoms with E-state index in [1.165, 1.54) is 4.90 Å². The van der Waals surface area contributed by atoms with Crippen molar-refractivity contribution >= 4 is 11.9 Å². The lowest BCUT2D eigenvalue weighted by Crippen LogP contribution is -2.34. The topological polar surface area (TPSA) is 58.6 Å². The van der Waals surface area contributed by atoms with E-state index in [0.29, 0.717) is 26.2 Å². The fraction of sp³-hybridized carbons (Fsp3) is 0.429. The lowest BCUT2D eigenvalue weighted by atomic mass is 10.1. The highest BCUT2D eigenvalue weighted by Gasteiger charge is 2.37. The van der Waals surface area contributed by atoms with Crippen LogP contribution in [-0.2, 0) is 16.0 Å². The summed E-state index contributed by atoms with van der Waals surface area (Å²) < 4.78 is 5.17. The quantitative estimate of drug-likeness (QED) is 0.619. The number of hydrogen-bond donors (Lipinski definition) is 1. The van der Waals surface area contributed by atoms with Crippen molar-refractivity contribution in [3.63, 3.8) is 0 Å². The van der Waals surface area contributed by atoms with Gasteiger partial charge in [0, 0.05) is 13.0 Å². The Balaban J connectivity index is 1.94. The molecule has 0 aliphatic carbocycles. The number of carbonyl (C=O) groups is 2. The van der Waals surface area contributed by atoms with Crippen molar-refractivity contribution in [1.82, 2.24) is 10.2 Å². The van der Waals surface area contributed by atoms with Gasteiger partial charge in [0.2, 0.25) is 0 Å². The van der Waals surface area contributed by atoms with Gasteiger partial charge in [-0.05, 0) is 12.5 Å². The number of rotatable bonds is 6. The van der Waals surface area contributed by atoms with Crippen molar-refractivity contribution in [2.45, 2.75) is 19.4 Å². The van der Waals surface area contributed by atoms with Gasteiger partial charge in [0.15, 0.2) is 0 Å². The van der Waals surface area contributed by atoms with Crippen LogP contribution in [0.2, 0.25) is 0 Å². The molecule has 1 fully saturated rings. The fourth-order valence-electron chi connectivity index (χ4n) is 2.08. The van der Waals surface area contributed by atoms with E-state index in [-0.39, 0.29) is 11.9 Å². The van der Waals surface area contributed by atoms with Crippen LogP contribution in [0.4, 0.5) is 4.79 Å². The molecule has 1 heterocycles. The molecule has 1 N–H and O–H groups in total. The van der Waals surface area contributed by atoms with Gasteiger partial charge < -0.3 is 10.1 Å². The first-order chi connectivity index (χ1) is 9.22. The highest BCUT2D eigenvalue weighted by atomic mass is 16.5. The minimum atomic E-state index is -0.462. The lowest BCUT2D eigenvalue weighted by Gasteiger charge is -2.12. The monoisotopic (exact) mass is 262 g/mol. The van der Waals surface area contributed by atoms with Gasteiger partial charge in [0.05, 0.1) is 13.2 Å². The first kappa shape index (κ1) is 13.5. The van der Waals surface area contributed by atoms with Crippen LogP contribution in [0.3, 0.4) is 0 Å². The second-order valence-corrected chi connectivity index (χ2v) is 4.38. The molecule has 5 nitrogen and oxygen atoms in total. The summed E-state index contributed by atoms with van der Waals surface area (Å²) in [5.41, 5.74) is 1.04. The van der Waals surface area contributed by atoms with Gasteiger partial charge in [-0.15, -0.1) is 0 Å². The predicted molar refractivity (Wildman–Crippen MR) is 70.7 cm³/mol. The number of imide groups is 1. The summed E-state index contributed by atoms with van der Waals surface area (Å²) in [5, 5.41) is 2.71. The Morgan fingerprint density at radius 3 is 2.68 bits per heavy atom. The fourth-order valence-corrected chi connectivity index (χ4v) is 2.08. The van der Waals surface area contributed by atoms with Crippen LogP contribution in [0, 0.1) is 0 Å². The van der Waals surface area contributed by atoms with Gasteiger partial charge in [-0.25, -0.2) is 4.79 Å². The van der Waals surface area contributed by atoms with Crippen molar-refractivity contribution in [2.75, 3.05) is 19.8 Å². The molecular weight excluding hydrogens is 244 g/mol. The average molecular weight is 262 g/mol. The van der Waals surface area contributed by atoms with Crippen LogP contribution < -0.4 is 5.32 Å². The average Bonchev–Trinajstić information content (AvgIpc) is 2.68. The summed E-state index contributed by atoms with van der Waals surface area (Å²) in [6, 6.07) is 8.87. The predicted octanol–water partition coefficient (Wildman–Crippen LogP) is 1.19. The minimum Gasteiger partial charge on any atom is -0.380 e. The molecule has 0 radical (unpaired) electrons. The summed E-state index contributed by atoms with van der Waals surface area (Å²) in [7, 11) is 0. The zero-order valence-corrected chi connectivity index (χ0v) is 11.0. The van der Waals surface area contributed by atoms with Gasteiger partial charge in [-0.3, -0.25) is 9.69 Å². The Morgan fingerprint density at radius 2 is 2.00 bits per heavy atom. The van der Waals surface area contributed by atoms with E-state index in [1.807, 2.05) is 37.3 Å². The van der Waals surface area contributed by atoms with Gasteiger partial charge in [0.25, 0.3) is 5.91 Å². The second kappa shape index (κ2) is 6.33. The standard InChI is InChI=1S/C14H18N2O3/c1-2-19-9-8-16-13(17)12(15-14(16)18)10-11-6-4-3-5-7-11/h3-7,12H,2,8-10H2,1H3,(H,15,18)/t12-/m0/s1. The van der Waals surface area contributed by atoms with Crippen molar-refractivity contribution in [3.05, 3.63) is 35.9 Å². The van der Waals surface area contributed by atoms with Crippen LogP contribution in [-0.4, -0.2) is 42.6 Å². The Kier molecular flexibility index (Phi) is 4.52. The molecule has 1 saturated heterocycles. The minimum absolute atomic E-state index is 0.173. The summed E-state index contributed by atoms with van der Waals surface area (Å²) in [4.78, 5) is 25.0. The zero-order chi connectivity index (χ0) is 13.7. The highest BCUT2D eigenvalue weighted by molar-refractivity contribution is 6.04. The largest absolute Gasteiger partial charge is 0.380 e. The summed E-state index contributed by atoms with van der Waals surface area (Å²) in [6.07, 6.45) is 0.524. The van der Waals surface area contributed by atoms with Crippen molar-refractivity contribution in [3.8, 4) is 0 Å². The molecule has 1 aromatic carbocycles. The molecule has 0 saturated carbocycles. The maximum Gasteiger partial charge on any atom is 0.324 e. The van der Waals surface area contributed by atoms with E-state index in [2.05, 4.69) is 5.32 Å². The molecule has 3 amide bonds. The lowest BCUT2D eigenvalue weighted by molar-refractivity contribution is -0.127. The Hall–Kier alpha value is -1.88. The van der Waals surface area contributed by atoms with Gasteiger partial charge in [-0.1, -0.05) is 30.3 Å². The van der Waals surface area contributed by atoms with Crippen molar-refractivity contribution in [1.29, 1.82) is 0 Å². The maximum absolute atomic E-state index is 12.1. The van der Waals surface area contributed by atoms with E-state index in [4.69, 9.17) is 4.74 Å². The third kappa shape index (κ3) is 3.32. The number of hydrogen-bond acceptors (Lipinski definition) is 3. The second-order valence-electron chi connectivity index (χ2n) is 4.38. The van der Waals surface area contributed by atoms with E-state index in [9.17, 15) is 9.59 Å². The number of urea groups is 1. The van der Waals surface area contributed by atoms with Gasteiger partial charge in [-0.2, -0.15) is 0 Å². The number of amides is 3. The van der Waals surface area contributed by atoms with Crippen molar-refractivity contribution in [2.24, 2.45) is 0 Å². The van der Waals surface area contributed by atoms with E-state index in [0.717, 1.165) is 5.56 Å². The molecular formula is C14H18N2O3. The molecule has 0 aromatic heterocycles. The molecule has 1 aliphatic heterocycles. The smallest absolute Gasteiger partial charge is 0.324 e. The summed E-state index contributed by atoms with van der Waals surface area (Å²) in [5.74, 6) is -0.173. The molecule has 1 atom stereocenters. The first-order valence-corrected chi connectivity index (χ1v) is 6.46. The molecule has 0 spiro atoms. The molecule has 2 rings (SSSR count). The molecule has 1 aliphatic rings. The molecule has 19 heavy (non-hydrogen) atoms. The van der Waals surface area contributed by atoms with E-state index in [1.54, 1.807) is 0 Å². The Morgan fingerprint density at radius 1 is 1.26 bits per heavy atom. The number of nitrogens with one attached hydrogen (secondary N) is 1. The van der Waals surface area contributed by atoms with E-state index >= 15 is 0 Å². The SMILES string of the molecule is CCOCCN1C(=O)N[C@@H](Cc2ccccc2)C1=O. The zero-order valence-electron chi connectivity index (χ0n) is 11.0. The third-order valence-corrected chi connectivity index (χ3v) is 3.05. The Labute approximate surface area is 112 Å². The van der Waals surface area contributed by atoms with Crippen LogP contribution in [0.25, 0.3) is 0 Å². The van der Waals surface area contributed by atoms with Crippen LogP contribution >= 0.6 is 0 Å². The van der Waals surface area contributed by atoms with Gasteiger partial charge in [0.1, 0.15) is 6.04 Å². The Bertz CT molecular complexity index is 447. The molecule has 0 unspecified atom stereocenters. The van der Waals surface area contributed by atoms with Crippen molar-refractivity contribution < 1.29 is 14.3 Å². The number of benzene rings is 1. The van der Waals surface area contributed by atoms with Gasteiger partial charge >= 0.3 is 6.03 Å². The number of carbonyl (C=O) groups excluding carboxylic acids is 2. The number of nitrogens with zero attached hydrogens (tertiary/aromatic N) is 1. The molecule has 5 heteroatoms. The third-order valence-electron chi connectivity index (χ3n) is 3.05. The number of ether oxygens (including phenoxy) is 1. The van der Waals surface area contributed by atoms with E-state index < -0.39 is 6.04 Å². The van der Waals surface area contributed by atoms with Crippen LogP contribution in [0.5, 0.6) is 0 Å². The summed E-state index contributed by atoms with van der Waals surface area (Å²) >= 11 is 0. The molecule has 0 bridgehead atoms. The summed E-state index contributed by atoms with van der Waals surface area (Å²) in [6.45, 7) is 3.15. The van der Waals surface area contributed by atoms with Crippen LogP contribution in [0.1, 0.15) is 12.5 Å².